The Morgan fingerprint density at radius 3 is 2.92 bits per heavy atom. The number of furan rings is 1. The molecule has 0 bridgehead atoms. The number of piperazine rings is 1. The monoisotopic (exact) mass is 347 g/mol. The lowest BCUT2D eigenvalue weighted by molar-refractivity contribution is 0.0365. The van der Waals surface area contributed by atoms with Gasteiger partial charge in [-0.25, -0.2) is 0 Å². The molecule has 7 heteroatoms. The van der Waals surface area contributed by atoms with Gasteiger partial charge < -0.3 is 18.9 Å². The van der Waals surface area contributed by atoms with Gasteiger partial charge in [0.1, 0.15) is 0 Å². The van der Waals surface area contributed by atoms with Crippen molar-refractivity contribution >= 4 is 5.91 Å². The van der Waals surface area contributed by atoms with Crippen molar-refractivity contribution in [1.29, 1.82) is 0 Å². The van der Waals surface area contributed by atoms with Crippen molar-refractivity contribution in [3.8, 4) is 0 Å². The van der Waals surface area contributed by atoms with Crippen LogP contribution in [-0.4, -0.2) is 58.3 Å². The van der Waals surface area contributed by atoms with Crippen LogP contribution in [0.25, 0.3) is 0 Å². The van der Waals surface area contributed by atoms with E-state index in [1.807, 2.05) is 19.9 Å². The van der Waals surface area contributed by atoms with Gasteiger partial charge >= 0.3 is 0 Å². The fraction of sp³-hybridized carbons (Fsp3) is 0.556. The van der Waals surface area contributed by atoms with Gasteiger partial charge in [0.15, 0.2) is 0 Å². The summed E-state index contributed by atoms with van der Waals surface area (Å²) in [5, 5.41) is 13.4. The molecule has 0 spiro atoms. The minimum atomic E-state index is -0.134. The predicted octanol–water partition coefficient (Wildman–Crippen LogP) is 2.10. The van der Waals surface area contributed by atoms with Crippen molar-refractivity contribution in [3.05, 3.63) is 41.7 Å². The summed E-state index contributed by atoms with van der Waals surface area (Å²) in [6, 6.07) is 3.77. The fourth-order valence-corrected chi connectivity index (χ4v) is 3.14. The highest BCUT2D eigenvalue weighted by Crippen LogP contribution is 2.20. The molecule has 1 amide bonds. The maximum Gasteiger partial charge on any atom is 0.292 e. The molecule has 2 aromatic heterocycles. The highest BCUT2D eigenvalue weighted by Gasteiger charge is 2.31. The molecule has 25 heavy (non-hydrogen) atoms. The molecule has 1 aliphatic heterocycles. The third-order valence-electron chi connectivity index (χ3n) is 4.65. The summed E-state index contributed by atoms with van der Waals surface area (Å²) in [6.07, 6.45) is 4.01. The van der Waals surface area contributed by atoms with Gasteiger partial charge in [0.2, 0.25) is 5.76 Å². The molecule has 0 unspecified atom stereocenters. The zero-order valence-corrected chi connectivity index (χ0v) is 14.7. The molecule has 1 aliphatic rings. The number of carbonyl (C=O) groups excluding carboxylic acids is 1. The number of aliphatic hydroxyl groups excluding tert-OH is 1. The van der Waals surface area contributed by atoms with Crippen LogP contribution in [-0.2, 0) is 6.54 Å². The molecule has 136 valence electrons. The fourth-order valence-electron chi connectivity index (χ4n) is 3.14. The van der Waals surface area contributed by atoms with Gasteiger partial charge in [0, 0.05) is 50.5 Å². The molecule has 0 saturated carbocycles. The van der Waals surface area contributed by atoms with Crippen LogP contribution in [0.3, 0.4) is 0 Å². The molecule has 2 aromatic rings. The summed E-state index contributed by atoms with van der Waals surface area (Å²) in [5.74, 6) is 0.374. The molecule has 7 nitrogen and oxygen atoms in total. The topological polar surface area (TPSA) is 83.0 Å². The Balaban J connectivity index is 1.66. The van der Waals surface area contributed by atoms with Crippen molar-refractivity contribution in [1.82, 2.24) is 15.0 Å². The standard InChI is InChI=1S/C18H25N3O4/c1-13(2)16-9-17(25-19-16)18(23)21-6-5-20(15(11-21)3-7-22)10-14-4-8-24-12-14/h4,8-9,12-13,15,22H,3,5-7,10-11H2,1-2H3/t15-/m0/s1. The van der Waals surface area contributed by atoms with Crippen LogP contribution < -0.4 is 0 Å². The molecule has 0 aromatic carbocycles. The first-order chi connectivity index (χ1) is 12.1. The number of nitrogens with zero attached hydrogens (tertiary/aromatic N) is 3. The first kappa shape index (κ1) is 17.7. The van der Waals surface area contributed by atoms with E-state index in [-0.39, 0.29) is 30.2 Å². The third-order valence-corrected chi connectivity index (χ3v) is 4.65. The van der Waals surface area contributed by atoms with Gasteiger partial charge in [-0.1, -0.05) is 19.0 Å². The number of aliphatic hydroxyl groups is 1. The zero-order valence-electron chi connectivity index (χ0n) is 14.7. The molecular formula is C18H25N3O4. The van der Waals surface area contributed by atoms with E-state index in [9.17, 15) is 9.90 Å². The van der Waals surface area contributed by atoms with Crippen molar-refractivity contribution in [3.63, 3.8) is 0 Å². The summed E-state index contributed by atoms with van der Waals surface area (Å²) in [4.78, 5) is 16.8. The minimum Gasteiger partial charge on any atom is -0.472 e. The smallest absolute Gasteiger partial charge is 0.292 e. The Labute approximate surface area is 147 Å². The highest BCUT2D eigenvalue weighted by atomic mass is 16.5. The molecule has 3 rings (SSSR count). The third kappa shape index (κ3) is 4.11. The Morgan fingerprint density at radius 2 is 2.28 bits per heavy atom. The van der Waals surface area contributed by atoms with E-state index in [2.05, 4.69) is 10.1 Å². The molecule has 1 atom stereocenters. The van der Waals surface area contributed by atoms with E-state index in [0.717, 1.165) is 24.3 Å². The van der Waals surface area contributed by atoms with Crippen molar-refractivity contribution < 1.29 is 18.8 Å². The van der Waals surface area contributed by atoms with E-state index in [4.69, 9.17) is 8.94 Å². The average molecular weight is 347 g/mol. The zero-order chi connectivity index (χ0) is 17.8. The van der Waals surface area contributed by atoms with Gasteiger partial charge in [-0.3, -0.25) is 9.69 Å². The summed E-state index contributed by atoms with van der Waals surface area (Å²) in [7, 11) is 0. The second kappa shape index (κ2) is 7.84. The van der Waals surface area contributed by atoms with E-state index >= 15 is 0 Å². The molecule has 0 radical (unpaired) electrons. The number of hydrogen-bond donors (Lipinski definition) is 1. The van der Waals surface area contributed by atoms with E-state index in [1.54, 1.807) is 23.5 Å². The summed E-state index contributed by atoms with van der Waals surface area (Å²) in [6.45, 7) is 6.80. The van der Waals surface area contributed by atoms with Crippen LogP contribution in [0.15, 0.2) is 33.6 Å². The van der Waals surface area contributed by atoms with E-state index < -0.39 is 0 Å². The second-order valence-corrected chi connectivity index (χ2v) is 6.79. The average Bonchev–Trinajstić information content (AvgIpc) is 3.27. The van der Waals surface area contributed by atoms with Crippen molar-refractivity contribution in [2.24, 2.45) is 0 Å². The quantitative estimate of drug-likeness (QED) is 0.862. The molecule has 1 saturated heterocycles. The van der Waals surface area contributed by atoms with Gasteiger partial charge in [0.25, 0.3) is 5.91 Å². The number of aromatic nitrogens is 1. The molecule has 1 N–H and O–H groups in total. The van der Waals surface area contributed by atoms with Gasteiger partial charge in [-0.2, -0.15) is 0 Å². The van der Waals surface area contributed by atoms with Crippen molar-refractivity contribution in [2.75, 3.05) is 26.2 Å². The Morgan fingerprint density at radius 1 is 1.44 bits per heavy atom. The van der Waals surface area contributed by atoms with E-state index in [1.165, 1.54) is 0 Å². The molecule has 0 aliphatic carbocycles. The van der Waals surface area contributed by atoms with Crippen LogP contribution in [0, 0.1) is 0 Å². The van der Waals surface area contributed by atoms with Crippen LogP contribution in [0.2, 0.25) is 0 Å². The Kier molecular flexibility index (Phi) is 5.55. The maximum absolute atomic E-state index is 12.7. The van der Waals surface area contributed by atoms with Gasteiger partial charge in [-0.05, 0) is 18.4 Å². The summed E-state index contributed by atoms with van der Waals surface area (Å²) in [5.41, 5.74) is 1.88. The summed E-state index contributed by atoms with van der Waals surface area (Å²) < 4.78 is 10.4. The number of carbonyl (C=O) groups is 1. The number of amides is 1. The van der Waals surface area contributed by atoms with Crippen LogP contribution >= 0.6 is 0 Å². The van der Waals surface area contributed by atoms with Crippen LogP contribution in [0.4, 0.5) is 0 Å². The lowest BCUT2D eigenvalue weighted by Crippen LogP contribution is -2.54. The van der Waals surface area contributed by atoms with Crippen molar-refractivity contribution in [2.45, 2.75) is 38.8 Å². The van der Waals surface area contributed by atoms with Crippen LogP contribution in [0.1, 0.15) is 48.0 Å². The maximum atomic E-state index is 12.7. The lowest BCUT2D eigenvalue weighted by atomic mass is 10.1. The van der Waals surface area contributed by atoms with Gasteiger partial charge in [-0.15, -0.1) is 0 Å². The Hall–Kier alpha value is -2.12. The summed E-state index contributed by atoms with van der Waals surface area (Å²) >= 11 is 0. The molecular weight excluding hydrogens is 322 g/mol. The molecule has 1 fully saturated rings. The van der Waals surface area contributed by atoms with E-state index in [0.29, 0.717) is 19.5 Å². The largest absolute Gasteiger partial charge is 0.472 e. The normalized spacial score (nSPS) is 18.9. The van der Waals surface area contributed by atoms with Crippen LogP contribution in [0.5, 0.6) is 0 Å². The highest BCUT2D eigenvalue weighted by molar-refractivity contribution is 5.91. The second-order valence-electron chi connectivity index (χ2n) is 6.79. The Bertz CT molecular complexity index is 680. The minimum absolute atomic E-state index is 0.0917. The number of rotatable bonds is 6. The first-order valence-corrected chi connectivity index (χ1v) is 8.70. The predicted molar refractivity (Wildman–Crippen MR) is 91.1 cm³/mol. The number of hydrogen-bond acceptors (Lipinski definition) is 6. The lowest BCUT2D eigenvalue weighted by Gasteiger charge is -2.40. The molecule has 3 heterocycles. The SMILES string of the molecule is CC(C)c1cc(C(=O)N2CCN(Cc3ccoc3)[C@@H](CCO)C2)on1. The van der Waals surface area contributed by atoms with Gasteiger partial charge in [0.05, 0.1) is 18.2 Å². The first-order valence-electron chi connectivity index (χ1n) is 8.70.